The van der Waals surface area contributed by atoms with Crippen molar-refractivity contribution in [3.63, 3.8) is 0 Å². The number of hydrogen-bond donors (Lipinski definition) is 1. The van der Waals surface area contributed by atoms with Crippen molar-refractivity contribution in [2.75, 3.05) is 18.0 Å². The van der Waals surface area contributed by atoms with Crippen molar-refractivity contribution in [2.24, 2.45) is 0 Å². The molecule has 2 unspecified atom stereocenters. The standard InChI is InChI=1S/C29H34ClN3O5S/c1-5-21(2)31-29(35)22(3)32(19-23-13-9-10-16-25(23)30)28(34)20-33(26-17-11-12-18-27(26)38-4)39(36,37)24-14-7-6-8-15-24/h6-18,21-22H,5,19-20H2,1-4H3,(H,31,35). The van der Waals surface area contributed by atoms with Crippen LogP contribution in [0.4, 0.5) is 5.69 Å². The van der Waals surface area contributed by atoms with E-state index in [2.05, 4.69) is 5.32 Å². The van der Waals surface area contributed by atoms with Crippen molar-refractivity contribution < 1.29 is 22.7 Å². The number of nitrogens with zero attached hydrogens (tertiary/aromatic N) is 2. The van der Waals surface area contributed by atoms with Gasteiger partial charge in [0.2, 0.25) is 11.8 Å². The molecule has 39 heavy (non-hydrogen) atoms. The molecule has 1 N–H and O–H groups in total. The zero-order valence-electron chi connectivity index (χ0n) is 22.5. The molecule has 8 nitrogen and oxygen atoms in total. The molecule has 208 valence electrons. The zero-order valence-corrected chi connectivity index (χ0v) is 24.1. The Labute approximate surface area is 235 Å². The molecule has 0 saturated heterocycles. The maximum absolute atomic E-state index is 14.0. The van der Waals surface area contributed by atoms with Crippen LogP contribution < -0.4 is 14.4 Å². The van der Waals surface area contributed by atoms with E-state index >= 15 is 0 Å². The number of sulfonamides is 1. The first-order chi connectivity index (χ1) is 18.6. The molecule has 2 atom stereocenters. The van der Waals surface area contributed by atoms with Crippen LogP contribution in [0, 0.1) is 0 Å². The summed E-state index contributed by atoms with van der Waals surface area (Å²) < 4.78 is 34.2. The van der Waals surface area contributed by atoms with Gasteiger partial charge in [-0.25, -0.2) is 8.42 Å². The molecule has 3 aromatic rings. The van der Waals surface area contributed by atoms with Gasteiger partial charge < -0.3 is 15.0 Å². The Morgan fingerprint density at radius 1 is 0.949 bits per heavy atom. The van der Waals surface area contributed by atoms with Crippen LogP contribution in [-0.2, 0) is 26.2 Å². The minimum absolute atomic E-state index is 0.0126. The largest absolute Gasteiger partial charge is 0.495 e. The van der Waals surface area contributed by atoms with E-state index in [9.17, 15) is 18.0 Å². The van der Waals surface area contributed by atoms with E-state index in [1.807, 2.05) is 13.8 Å². The van der Waals surface area contributed by atoms with Crippen LogP contribution in [0.25, 0.3) is 0 Å². The fourth-order valence-corrected chi connectivity index (χ4v) is 5.57. The minimum Gasteiger partial charge on any atom is -0.495 e. The number of methoxy groups -OCH3 is 1. The molecule has 0 aliphatic carbocycles. The quantitative estimate of drug-likeness (QED) is 0.334. The van der Waals surface area contributed by atoms with Gasteiger partial charge in [-0.15, -0.1) is 0 Å². The van der Waals surface area contributed by atoms with Crippen LogP contribution in [0.15, 0.2) is 83.8 Å². The first kappa shape index (κ1) is 30.0. The number of hydrogen-bond acceptors (Lipinski definition) is 5. The summed E-state index contributed by atoms with van der Waals surface area (Å²) in [6.45, 7) is 4.88. The highest BCUT2D eigenvalue weighted by atomic mass is 35.5. The number of ether oxygens (including phenoxy) is 1. The van der Waals surface area contributed by atoms with Gasteiger partial charge in [-0.3, -0.25) is 13.9 Å². The van der Waals surface area contributed by atoms with Gasteiger partial charge in [0.05, 0.1) is 17.7 Å². The Hall–Kier alpha value is -3.56. The van der Waals surface area contributed by atoms with E-state index in [0.29, 0.717) is 17.0 Å². The Morgan fingerprint density at radius 3 is 2.21 bits per heavy atom. The fraction of sp³-hybridized carbons (Fsp3) is 0.310. The number of halogens is 1. The average molecular weight is 572 g/mol. The van der Waals surface area contributed by atoms with Crippen LogP contribution in [0.2, 0.25) is 5.02 Å². The third kappa shape index (κ3) is 7.30. The predicted octanol–water partition coefficient (Wildman–Crippen LogP) is 4.88. The number of para-hydroxylation sites is 2. The maximum atomic E-state index is 14.0. The fourth-order valence-electron chi connectivity index (χ4n) is 3.93. The Bertz CT molecular complexity index is 1380. The molecule has 0 aliphatic heterocycles. The van der Waals surface area contributed by atoms with Crippen LogP contribution in [0.3, 0.4) is 0 Å². The Balaban J connectivity index is 2.06. The number of amides is 2. The first-order valence-electron chi connectivity index (χ1n) is 12.6. The second kappa shape index (κ2) is 13.5. The Morgan fingerprint density at radius 2 is 1.56 bits per heavy atom. The van der Waals surface area contributed by atoms with E-state index < -0.39 is 28.5 Å². The molecule has 0 aliphatic rings. The summed E-state index contributed by atoms with van der Waals surface area (Å²) in [7, 11) is -2.76. The van der Waals surface area contributed by atoms with E-state index in [0.717, 1.165) is 4.31 Å². The first-order valence-corrected chi connectivity index (χ1v) is 14.5. The highest BCUT2D eigenvalue weighted by Crippen LogP contribution is 2.32. The SMILES string of the molecule is CCC(C)NC(=O)C(C)N(Cc1ccccc1Cl)C(=O)CN(c1ccccc1OC)S(=O)(=O)c1ccccc1. The Kier molecular flexibility index (Phi) is 10.4. The van der Waals surface area contributed by atoms with Gasteiger partial charge in [0, 0.05) is 17.6 Å². The molecule has 3 aromatic carbocycles. The van der Waals surface area contributed by atoms with Crippen molar-refractivity contribution >= 4 is 39.1 Å². The van der Waals surface area contributed by atoms with Gasteiger partial charge in [-0.05, 0) is 56.2 Å². The second-order valence-corrected chi connectivity index (χ2v) is 11.4. The zero-order chi connectivity index (χ0) is 28.6. The van der Waals surface area contributed by atoms with Crippen LogP contribution in [-0.4, -0.2) is 50.9 Å². The summed E-state index contributed by atoms with van der Waals surface area (Å²) >= 11 is 6.40. The lowest BCUT2D eigenvalue weighted by atomic mass is 10.1. The van der Waals surface area contributed by atoms with Gasteiger partial charge in [-0.1, -0.05) is 67.1 Å². The maximum Gasteiger partial charge on any atom is 0.264 e. The molecule has 0 spiro atoms. The second-order valence-electron chi connectivity index (χ2n) is 9.10. The summed E-state index contributed by atoms with van der Waals surface area (Å²) in [5, 5.41) is 3.34. The summed E-state index contributed by atoms with van der Waals surface area (Å²) in [5.74, 6) is -0.642. The number of benzene rings is 3. The third-order valence-corrected chi connectivity index (χ3v) is 8.57. The van der Waals surface area contributed by atoms with Gasteiger partial charge in [-0.2, -0.15) is 0 Å². The summed E-state index contributed by atoms with van der Waals surface area (Å²) in [5.41, 5.74) is 0.831. The van der Waals surface area contributed by atoms with Gasteiger partial charge >= 0.3 is 0 Å². The van der Waals surface area contributed by atoms with Crippen LogP contribution in [0.1, 0.15) is 32.8 Å². The molecule has 0 fully saturated rings. The van der Waals surface area contributed by atoms with Gasteiger partial charge in [0.1, 0.15) is 18.3 Å². The van der Waals surface area contributed by atoms with Gasteiger partial charge in [0.25, 0.3) is 10.0 Å². The van der Waals surface area contributed by atoms with Crippen LogP contribution in [0.5, 0.6) is 5.75 Å². The highest BCUT2D eigenvalue weighted by molar-refractivity contribution is 7.92. The molecule has 0 bridgehead atoms. The number of anilines is 1. The number of carbonyl (C=O) groups is 2. The topological polar surface area (TPSA) is 96.0 Å². The normalized spacial score (nSPS) is 12.7. The van der Waals surface area contributed by atoms with Crippen molar-refractivity contribution in [2.45, 2.75) is 50.7 Å². The van der Waals surface area contributed by atoms with Crippen molar-refractivity contribution in [3.05, 3.63) is 89.4 Å². The summed E-state index contributed by atoms with van der Waals surface area (Å²) in [4.78, 5) is 28.5. The lowest BCUT2D eigenvalue weighted by Gasteiger charge is -2.33. The number of nitrogens with one attached hydrogen (secondary N) is 1. The molecule has 10 heteroatoms. The average Bonchev–Trinajstić information content (AvgIpc) is 2.95. The molecule has 0 saturated carbocycles. The summed E-state index contributed by atoms with van der Waals surface area (Å²) in [6.07, 6.45) is 0.716. The molecule has 3 rings (SSSR count). The third-order valence-electron chi connectivity index (χ3n) is 6.43. The summed E-state index contributed by atoms with van der Waals surface area (Å²) in [6, 6.07) is 20.5. The molecule has 2 amide bonds. The molecule has 0 aromatic heterocycles. The monoisotopic (exact) mass is 571 g/mol. The van der Waals surface area contributed by atoms with E-state index in [4.69, 9.17) is 16.3 Å². The molecular weight excluding hydrogens is 538 g/mol. The molecular formula is C29H34ClN3O5S. The van der Waals surface area contributed by atoms with E-state index in [1.165, 1.54) is 24.1 Å². The lowest BCUT2D eigenvalue weighted by Crippen LogP contribution is -2.52. The van der Waals surface area contributed by atoms with Crippen molar-refractivity contribution in [1.29, 1.82) is 0 Å². The molecule has 0 radical (unpaired) electrons. The number of carbonyl (C=O) groups excluding carboxylic acids is 2. The lowest BCUT2D eigenvalue weighted by molar-refractivity contribution is -0.139. The van der Waals surface area contributed by atoms with Gasteiger partial charge in [0.15, 0.2) is 0 Å². The van der Waals surface area contributed by atoms with Crippen LogP contribution >= 0.6 is 11.6 Å². The van der Waals surface area contributed by atoms with E-state index in [1.54, 1.807) is 73.7 Å². The minimum atomic E-state index is -4.19. The van der Waals surface area contributed by atoms with Crippen molar-refractivity contribution in [1.82, 2.24) is 10.2 Å². The van der Waals surface area contributed by atoms with E-state index in [-0.39, 0.29) is 34.8 Å². The molecule has 0 heterocycles. The number of rotatable bonds is 12. The smallest absolute Gasteiger partial charge is 0.264 e. The van der Waals surface area contributed by atoms with Crippen molar-refractivity contribution in [3.8, 4) is 5.75 Å². The predicted molar refractivity (Wildman–Crippen MR) is 153 cm³/mol. The highest BCUT2D eigenvalue weighted by Gasteiger charge is 2.34.